The lowest BCUT2D eigenvalue weighted by molar-refractivity contribution is 0.553. The molecule has 0 saturated heterocycles. The van der Waals surface area contributed by atoms with Gasteiger partial charge in [-0.1, -0.05) is 46.8 Å². The molecule has 3 rings (SSSR count). The number of aromatic nitrogens is 3. The molecule has 1 unspecified atom stereocenters. The smallest absolute Gasteiger partial charge is 0.182 e. The first-order valence-electron chi connectivity index (χ1n) is 7.83. The van der Waals surface area contributed by atoms with E-state index in [2.05, 4.69) is 61.7 Å². The number of rotatable bonds is 3. The normalized spacial score (nSPS) is 13.7. The minimum absolute atomic E-state index is 0.00213. The summed E-state index contributed by atoms with van der Waals surface area (Å²) < 4.78 is 5.66. The first-order valence-corrected chi connectivity index (χ1v) is 7.83. The van der Waals surface area contributed by atoms with Crippen molar-refractivity contribution in [3.63, 3.8) is 0 Å². The van der Waals surface area contributed by atoms with Crippen molar-refractivity contribution in [2.45, 2.75) is 52.4 Å². The first kappa shape index (κ1) is 14.8. The predicted octanol–water partition coefficient (Wildman–Crippen LogP) is 5.03. The van der Waals surface area contributed by atoms with E-state index in [0.717, 1.165) is 34.6 Å². The zero-order valence-corrected chi connectivity index (χ0v) is 13.9. The van der Waals surface area contributed by atoms with Gasteiger partial charge in [-0.3, -0.25) is 0 Å². The van der Waals surface area contributed by atoms with E-state index < -0.39 is 0 Å². The van der Waals surface area contributed by atoms with Gasteiger partial charge in [-0.25, -0.2) is 9.97 Å². The Labute approximate surface area is 131 Å². The Hall–Kier alpha value is -2.10. The maximum absolute atomic E-state index is 5.66. The fourth-order valence-corrected chi connectivity index (χ4v) is 2.64. The van der Waals surface area contributed by atoms with E-state index in [1.54, 1.807) is 0 Å². The summed E-state index contributed by atoms with van der Waals surface area (Å²) in [5, 5.41) is 0. The van der Waals surface area contributed by atoms with Crippen molar-refractivity contribution in [3.05, 3.63) is 36.1 Å². The molecule has 0 amide bonds. The van der Waals surface area contributed by atoms with E-state index in [1.807, 2.05) is 6.20 Å². The zero-order valence-electron chi connectivity index (χ0n) is 13.9. The van der Waals surface area contributed by atoms with Gasteiger partial charge in [0.2, 0.25) is 0 Å². The maximum atomic E-state index is 5.66. The molecular weight excluding hydrogens is 274 g/mol. The molecule has 4 heteroatoms. The molecule has 116 valence electrons. The second-order valence-corrected chi connectivity index (χ2v) is 6.94. The fraction of sp³-hybridized carbons (Fsp3) is 0.444. The number of hydrogen-bond acceptors (Lipinski definition) is 3. The molecule has 0 aliphatic heterocycles. The Morgan fingerprint density at radius 1 is 1.23 bits per heavy atom. The molecule has 0 radical (unpaired) electrons. The van der Waals surface area contributed by atoms with Gasteiger partial charge in [0, 0.05) is 11.0 Å². The average molecular weight is 297 g/mol. The van der Waals surface area contributed by atoms with Crippen molar-refractivity contribution in [2.24, 2.45) is 0 Å². The van der Waals surface area contributed by atoms with Crippen molar-refractivity contribution < 1.29 is 4.42 Å². The minimum Gasteiger partial charge on any atom is -0.443 e. The van der Waals surface area contributed by atoms with Crippen molar-refractivity contribution in [1.29, 1.82) is 0 Å². The number of H-pyrrole nitrogens is 1. The molecule has 0 spiro atoms. The summed E-state index contributed by atoms with van der Waals surface area (Å²) in [4.78, 5) is 12.4. The molecule has 0 saturated carbocycles. The molecule has 1 aromatic carbocycles. The van der Waals surface area contributed by atoms with Gasteiger partial charge in [-0.2, -0.15) is 0 Å². The Bertz CT molecular complexity index is 792. The molecule has 2 aromatic heterocycles. The number of oxazole rings is 1. The highest BCUT2D eigenvalue weighted by Gasteiger charge is 2.20. The number of aromatic amines is 1. The SMILES string of the molecule is CCC(C)c1ccc(-c2cnc(C(C)(C)C)[nH]2)c2ncoc12. The van der Waals surface area contributed by atoms with Crippen LogP contribution in [-0.4, -0.2) is 15.0 Å². The van der Waals surface area contributed by atoms with Crippen molar-refractivity contribution in [3.8, 4) is 11.3 Å². The molecule has 1 atom stereocenters. The fourth-order valence-electron chi connectivity index (χ4n) is 2.64. The van der Waals surface area contributed by atoms with Crippen LogP contribution >= 0.6 is 0 Å². The summed E-state index contributed by atoms with van der Waals surface area (Å²) in [6.45, 7) is 10.8. The molecule has 0 aliphatic rings. The van der Waals surface area contributed by atoms with E-state index in [1.165, 1.54) is 12.0 Å². The lowest BCUT2D eigenvalue weighted by atomic mass is 9.95. The number of benzene rings is 1. The summed E-state index contributed by atoms with van der Waals surface area (Å²) >= 11 is 0. The first-order chi connectivity index (χ1) is 10.4. The summed E-state index contributed by atoms with van der Waals surface area (Å²) in [5.74, 6) is 1.43. The Morgan fingerprint density at radius 2 is 2.00 bits per heavy atom. The molecule has 0 aliphatic carbocycles. The number of imidazole rings is 1. The molecule has 3 aromatic rings. The van der Waals surface area contributed by atoms with Gasteiger partial charge in [0.1, 0.15) is 11.3 Å². The molecule has 0 bridgehead atoms. The van der Waals surface area contributed by atoms with Crippen LogP contribution in [0.1, 0.15) is 58.3 Å². The largest absolute Gasteiger partial charge is 0.443 e. The molecule has 1 N–H and O–H groups in total. The van der Waals surface area contributed by atoms with Crippen LogP contribution in [0.15, 0.2) is 29.1 Å². The summed E-state index contributed by atoms with van der Waals surface area (Å²) in [6.07, 6.45) is 4.49. The van der Waals surface area contributed by atoms with Crippen LogP contribution in [0.4, 0.5) is 0 Å². The van der Waals surface area contributed by atoms with Crippen LogP contribution in [0.2, 0.25) is 0 Å². The van der Waals surface area contributed by atoms with E-state index in [9.17, 15) is 0 Å². The highest BCUT2D eigenvalue weighted by atomic mass is 16.3. The van der Waals surface area contributed by atoms with Gasteiger partial charge in [-0.15, -0.1) is 0 Å². The predicted molar refractivity (Wildman–Crippen MR) is 89.0 cm³/mol. The third-order valence-electron chi connectivity index (χ3n) is 4.23. The summed E-state index contributed by atoms with van der Waals surface area (Å²) in [5.41, 5.74) is 5.03. The molecule has 4 nitrogen and oxygen atoms in total. The van der Waals surface area contributed by atoms with Gasteiger partial charge in [0.15, 0.2) is 12.0 Å². The maximum Gasteiger partial charge on any atom is 0.182 e. The van der Waals surface area contributed by atoms with Crippen LogP contribution in [0.3, 0.4) is 0 Å². The van der Waals surface area contributed by atoms with Crippen LogP contribution in [0.25, 0.3) is 22.4 Å². The second-order valence-electron chi connectivity index (χ2n) is 6.94. The second kappa shape index (κ2) is 5.27. The minimum atomic E-state index is -0.00213. The number of fused-ring (bicyclic) bond motifs is 1. The average Bonchev–Trinajstić information content (AvgIpc) is 3.13. The van der Waals surface area contributed by atoms with Crippen LogP contribution in [0, 0.1) is 0 Å². The Kier molecular flexibility index (Phi) is 3.55. The highest BCUT2D eigenvalue weighted by molar-refractivity contribution is 5.91. The zero-order chi connectivity index (χ0) is 15.9. The van der Waals surface area contributed by atoms with Crippen LogP contribution in [-0.2, 0) is 5.41 Å². The lowest BCUT2D eigenvalue weighted by Crippen LogP contribution is -2.13. The molecule has 2 heterocycles. The molecule has 22 heavy (non-hydrogen) atoms. The van der Waals surface area contributed by atoms with Gasteiger partial charge in [-0.05, 0) is 17.9 Å². The lowest BCUT2D eigenvalue weighted by Gasteiger charge is -2.14. The van der Waals surface area contributed by atoms with E-state index in [4.69, 9.17) is 4.42 Å². The van der Waals surface area contributed by atoms with Gasteiger partial charge in [0.05, 0.1) is 11.9 Å². The van der Waals surface area contributed by atoms with Crippen molar-refractivity contribution >= 4 is 11.1 Å². The Balaban J connectivity index is 2.13. The van der Waals surface area contributed by atoms with Crippen LogP contribution < -0.4 is 0 Å². The van der Waals surface area contributed by atoms with E-state index in [0.29, 0.717) is 5.92 Å². The molecule has 0 fully saturated rings. The van der Waals surface area contributed by atoms with Gasteiger partial charge < -0.3 is 9.40 Å². The van der Waals surface area contributed by atoms with Crippen LogP contribution in [0.5, 0.6) is 0 Å². The highest BCUT2D eigenvalue weighted by Crippen LogP contribution is 2.34. The standard InChI is InChI=1S/C18H23N3O/c1-6-11(2)12-7-8-13(15-16(12)22-10-20-15)14-9-19-17(21-14)18(3,4)5/h7-11H,6H2,1-5H3,(H,19,21). The van der Waals surface area contributed by atoms with Crippen molar-refractivity contribution in [1.82, 2.24) is 15.0 Å². The van der Waals surface area contributed by atoms with E-state index >= 15 is 0 Å². The van der Waals surface area contributed by atoms with Crippen molar-refractivity contribution in [2.75, 3.05) is 0 Å². The number of nitrogens with zero attached hydrogens (tertiary/aromatic N) is 2. The summed E-state index contributed by atoms with van der Waals surface area (Å²) in [7, 11) is 0. The quantitative estimate of drug-likeness (QED) is 0.737. The Morgan fingerprint density at radius 3 is 2.64 bits per heavy atom. The van der Waals surface area contributed by atoms with E-state index in [-0.39, 0.29) is 5.41 Å². The van der Waals surface area contributed by atoms with Gasteiger partial charge >= 0.3 is 0 Å². The summed E-state index contributed by atoms with van der Waals surface area (Å²) in [6, 6.07) is 4.26. The number of hydrogen-bond donors (Lipinski definition) is 1. The third kappa shape index (κ3) is 2.43. The monoisotopic (exact) mass is 297 g/mol. The third-order valence-corrected chi connectivity index (χ3v) is 4.23. The topological polar surface area (TPSA) is 54.7 Å². The number of nitrogens with one attached hydrogen (secondary N) is 1. The molecular formula is C18H23N3O. The van der Waals surface area contributed by atoms with Gasteiger partial charge in [0.25, 0.3) is 0 Å².